The number of rotatable bonds is 6. The Morgan fingerprint density at radius 2 is 2.04 bits per heavy atom. The third kappa shape index (κ3) is 3.97. The van der Waals surface area contributed by atoms with Gasteiger partial charge >= 0.3 is 0 Å². The van der Waals surface area contributed by atoms with Gasteiger partial charge in [-0.3, -0.25) is 4.79 Å². The van der Waals surface area contributed by atoms with Gasteiger partial charge in [-0.25, -0.2) is 13.5 Å². The molecule has 1 aromatic heterocycles. The van der Waals surface area contributed by atoms with E-state index >= 15 is 0 Å². The molecule has 27 heavy (non-hydrogen) atoms. The number of amides is 1. The van der Waals surface area contributed by atoms with E-state index in [0.29, 0.717) is 12.3 Å². The van der Waals surface area contributed by atoms with Crippen LogP contribution in [0.4, 0.5) is 8.78 Å². The highest BCUT2D eigenvalue weighted by molar-refractivity contribution is 5.94. The number of nitrogens with zero attached hydrogens (tertiary/aromatic N) is 2. The first-order chi connectivity index (χ1) is 13.0. The second kappa shape index (κ2) is 7.99. The van der Waals surface area contributed by atoms with Crippen LogP contribution in [0.25, 0.3) is 5.69 Å². The lowest BCUT2D eigenvalue weighted by Gasteiger charge is -2.14. The fourth-order valence-corrected chi connectivity index (χ4v) is 2.70. The first kappa shape index (κ1) is 18.6. The number of carbonyl (C=O) groups is 1. The van der Waals surface area contributed by atoms with Crippen LogP contribution in [0.1, 0.15) is 28.4 Å². The summed E-state index contributed by atoms with van der Waals surface area (Å²) in [6.45, 7) is 3.73. The summed E-state index contributed by atoms with van der Waals surface area (Å²) in [7, 11) is 0. The van der Waals surface area contributed by atoms with Crippen molar-refractivity contribution < 1.29 is 18.3 Å². The predicted molar refractivity (Wildman–Crippen MR) is 97.0 cm³/mol. The Morgan fingerprint density at radius 1 is 1.22 bits per heavy atom. The van der Waals surface area contributed by atoms with Crippen molar-refractivity contribution in [3.05, 3.63) is 77.1 Å². The van der Waals surface area contributed by atoms with Crippen molar-refractivity contribution in [2.24, 2.45) is 0 Å². The molecule has 7 heteroatoms. The number of hydrogen-bond donors (Lipinski definition) is 1. The van der Waals surface area contributed by atoms with Crippen LogP contribution in [0.3, 0.4) is 0 Å². The summed E-state index contributed by atoms with van der Waals surface area (Å²) >= 11 is 0. The van der Waals surface area contributed by atoms with Crippen molar-refractivity contribution in [3.63, 3.8) is 0 Å². The molecule has 0 radical (unpaired) electrons. The monoisotopic (exact) mass is 371 g/mol. The van der Waals surface area contributed by atoms with Crippen LogP contribution in [0.15, 0.2) is 48.8 Å². The Morgan fingerprint density at radius 3 is 2.74 bits per heavy atom. The lowest BCUT2D eigenvalue weighted by atomic mass is 10.1. The molecule has 0 fully saturated rings. The van der Waals surface area contributed by atoms with E-state index in [0.717, 1.165) is 23.4 Å². The zero-order chi connectivity index (χ0) is 19.4. The smallest absolute Gasteiger partial charge is 0.254 e. The van der Waals surface area contributed by atoms with Crippen molar-refractivity contribution in [1.82, 2.24) is 15.1 Å². The molecule has 2 aromatic carbocycles. The van der Waals surface area contributed by atoms with E-state index in [9.17, 15) is 13.6 Å². The van der Waals surface area contributed by atoms with Gasteiger partial charge in [0.15, 0.2) is 0 Å². The fraction of sp³-hybridized carbons (Fsp3) is 0.200. The number of ether oxygens (including phenoxy) is 1. The molecule has 3 aromatic rings. The largest absolute Gasteiger partial charge is 0.488 e. The number of benzene rings is 2. The molecule has 5 nitrogen and oxygen atoms in total. The van der Waals surface area contributed by atoms with Crippen LogP contribution >= 0.6 is 0 Å². The maximum absolute atomic E-state index is 14.3. The zero-order valence-corrected chi connectivity index (χ0v) is 15.0. The Bertz CT molecular complexity index is 956. The Labute approximate surface area is 155 Å². The van der Waals surface area contributed by atoms with Gasteiger partial charge in [-0.1, -0.05) is 6.07 Å². The Balaban J connectivity index is 1.80. The van der Waals surface area contributed by atoms with Gasteiger partial charge < -0.3 is 10.1 Å². The predicted octanol–water partition coefficient (Wildman–Crippen LogP) is 3.79. The molecule has 0 aliphatic carbocycles. The molecular weight excluding hydrogens is 352 g/mol. The van der Waals surface area contributed by atoms with Crippen LogP contribution in [-0.2, 0) is 6.61 Å². The molecule has 0 saturated heterocycles. The van der Waals surface area contributed by atoms with Crippen LogP contribution in [0, 0.1) is 18.6 Å². The van der Waals surface area contributed by atoms with Gasteiger partial charge in [-0.2, -0.15) is 5.10 Å². The van der Waals surface area contributed by atoms with E-state index in [1.54, 1.807) is 42.2 Å². The molecule has 1 N–H and O–H groups in total. The van der Waals surface area contributed by atoms with Gasteiger partial charge in [-0.05, 0) is 44.2 Å². The van der Waals surface area contributed by atoms with Crippen molar-refractivity contribution >= 4 is 5.91 Å². The van der Waals surface area contributed by atoms with E-state index in [1.807, 2.05) is 13.0 Å². The van der Waals surface area contributed by atoms with Crippen LogP contribution in [-0.4, -0.2) is 22.2 Å². The van der Waals surface area contributed by atoms with Gasteiger partial charge in [0.2, 0.25) is 0 Å². The highest BCUT2D eigenvalue weighted by Crippen LogP contribution is 2.25. The Hall–Kier alpha value is -3.22. The summed E-state index contributed by atoms with van der Waals surface area (Å²) in [6.07, 6.45) is 3.47. The number of halogens is 2. The molecule has 0 spiro atoms. The summed E-state index contributed by atoms with van der Waals surface area (Å²) in [5.74, 6) is -1.60. The quantitative estimate of drug-likeness (QED) is 0.717. The minimum atomic E-state index is -0.789. The SMILES string of the molecule is CCNC(=O)c1cc(F)c(COc2cccc(-n3cccn3)c2C)cc1F. The average Bonchev–Trinajstić information content (AvgIpc) is 3.17. The second-order valence-electron chi connectivity index (χ2n) is 5.92. The van der Waals surface area contributed by atoms with Gasteiger partial charge in [0.05, 0.1) is 11.3 Å². The maximum atomic E-state index is 14.3. The number of hydrogen-bond acceptors (Lipinski definition) is 3. The average molecular weight is 371 g/mol. The number of carbonyl (C=O) groups excluding carboxylic acids is 1. The van der Waals surface area contributed by atoms with E-state index in [2.05, 4.69) is 10.4 Å². The highest BCUT2D eigenvalue weighted by Gasteiger charge is 2.16. The molecule has 0 aliphatic heterocycles. The maximum Gasteiger partial charge on any atom is 0.254 e. The van der Waals surface area contributed by atoms with Crippen molar-refractivity contribution in [1.29, 1.82) is 0 Å². The van der Waals surface area contributed by atoms with Gasteiger partial charge in [0, 0.05) is 30.1 Å². The van der Waals surface area contributed by atoms with Crippen LogP contribution in [0.2, 0.25) is 0 Å². The Kier molecular flexibility index (Phi) is 5.49. The van der Waals surface area contributed by atoms with Crippen LogP contribution < -0.4 is 10.1 Å². The third-order valence-electron chi connectivity index (χ3n) is 4.11. The third-order valence-corrected chi connectivity index (χ3v) is 4.11. The van der Waals surface area contributed by atoms with E-state index in [1.165, 1.54) is 0 Å². The molecule has 0 atom stereocenters. The number of nitrogens with one attached hydrogen (secondary N) is 1. The summed E-state index contributed by atoms with van der Waals surface area (Å²) < 4.78 is 35.9. The lowest BCUT2D eigenvalue weighted by Crippen LogP contribution is -2.24. The minimum Gasteiger partial charge on any atom is -0.488 e. The second-order valence-corrected chi connectivity index (χ2v) is 5.92. The summed E-state index contributed by atoms with van der Waals surface area (Å²) in [5.41, 5.74) is 1.36. The van der Waals surface area contributed by atoms with Crippen molar-refractivity contribution in [3.8, 4) is 11.4 Å². The molecule has 0 unspecified atom stereocenters. The van der Waals surface area contributed by atoms with E-state index in [-0.39, 0.29) is 17.7 Å². The standard InChI is InChI=1S/C20H19F2N3O2/c1-3-23-20(26)15-11-16(21)14(10-17(15)22)12-27-19-7-4-6-18(13(19)2)25-9-5-8-24-25/h4-11H,3,12H2,1-2H3,(H,23,26). The highest BCUT2D eigenvalue weighted by atomic mass is 19.1. The summed E-state index contributed by atoms with van der Waals surface area (Å²) in [5, 5.41) is 6.64. The van der Waals surface area contributed by atoms with E-state index in [4.69, 9.17) is 4.74 Å². The first-order valence-corrected chi connectivity index (χ1v) is 8.49. The molecule has 1 amide bonds. The number of aromatic nitrogens is 2. The van der Waals surface area contributed by atoms with Gasteiger partial charge in [0.25, 0.3) is 5.91 Å². The molecule has 140 valence electrons. The fourth-order valence-electron chi connectivity index (χ4n) is 2.70. The molecular formula is C20H19F2N3O2. The zero-order valence-electron chi connectivity index (χ0n) is 15.0. The van der Waals surface area contributed by atoms with Gasteiger partial charge in [-0.15, -0.1) is 0 Å². The first-order valence-electron chi connectivity index (χ1n) is 8.49. The molecule has 1 heterocycles. The van der Waals surface area contributed by atoms with E-state index < -0.39 is 17.5 Å². The van der Waals surface area contributed by atoms with Gasteiger partial charge in [0.1, 0.15) is 24.0 Å². The lowest BCUT2D eigenvalue weighted by molar-refractivity contribution is 0.0951. The minimum absolute atomic E-state index is 0.0319. The normalized spacial score (nSPS) is 10.7. The molecule has 0 bridgehead atoms. The molecule has 0 saturated carbocycles. The topological polar surface area (TPSA) is 56.1 Å². The summed E-state index contributed by atoms with van der Waals surface area (Å²) in [4.78, 5) is 11.7. The van der Waals surface area contributed by atoms with Crippen molar-refractivity contribution in [2.75, 3.05) is 6.54 Å². The van der Waals surface area contributed by atoms with Crippen molar-refractivity contribution in [2.45, 2.75) is 20.5 Å². The molecule has 0 aliphatic rings. The van der Waals surface area contributed by atoms with Crippen LogP contribution in [0.5, 0.6) is 5.75 Å². The summed E-state index contributed by atoms with van der Waals surface area (Å²) in [6, 6.07) is 9.13. The molecule has 3 rings (SSSR count).